The molecule has 5 atom stereocenters. The predicted octanol–water partition coefficient (Wildman–Crippen LogP) is 12.4. The predicted molar refractivity (Wildman–Crippen MR) is 249 cm³/mol. The molecule has 10 aliphatic rings. The summed E-state index contributed by atoms with van der Waals surface area (Å²) in [5.74, 6) is 1.54. The van der Waals surface area contributed by atoms with E-state index >= 15 is 0 Å². The summed E-state index contributed by atoms with van der Waals surface area (Å²) in [6.45, 7) is 0. The van der Waals surface area contributed by atoms with Crippen molar-refractivity contribution < 1.29 is 0 Å². The van der Waals surface area contributed by atoms with Crippen molar-refractivity contribution in [3.05, 3.63) is 218 Å². The fourth-order valence-corrected chi connectivity index (χ4v) is 12.2. The Balaban J connectivity index is 1.05. The molecule has 298 valence electrons. The normalized spacial score (nSPS) is 28.2. The van der Waals surface area contributed by atoms with Crippen LogP contribution in [-0.2, 0) is 0 Å². The minimum Gasteiger partial charge on any atom is -0.338 e. The van der Waals surface area contributed by atoms with Gasteiger partial charge in [-0.3, -0.25) is 0 Å². The van der Waals surface area contributed by atoms with Gasteiger partial charge in [0.15, 0.2) is 0 Å². The molecule has 2 aromatic rings. The highest BCUT2D eigenvalue weighted by atomic mass is 15.2. The summed E-state index contributed by atoms with van der Waals surface area (Å²) in [6.07, 6.45) is 56.9. The third kappa shape index (κ3) is 6.29. The number of fused-ring (bicyclic) bond motifs is 6. The summed E-state index contributed by atoms with van der Waals surface area (Å²) >= 11 is 0. The van der Waals surface area contributed by atoms with Crippen LogP contribution in [0.1, 0.15) is 101 Å². The van der Waals surface area contributed by atoms with Crippen LogP contribution in [-0.4, -0.2) is 21.9 Å². The van der Waals surface area contributed by atoms with E-state index in [9.17, 15) is 0 Å². The van der Waals surface area contributed by atoms with Crippen molar-refractivity contribution in [2.24, 2.45) is 11.8 Å². The summed E-state index contributed by atoms with van der Waals surface area (Å²) < 4.78 is 0. The van der Waals surface area contributed by atoms with Gasteiger partial charge in [-0.1, -0.05) is 134 Å². The summed E-state index contributed by atoms with van der Waals surface area (Å²) in [5.41, 5.74) is 19.0. The van der Waals surface area contributed by atoms with Gasteiger partial charge in [0.05, 0.1) is 12.1 Å². The maximum atomic E-state index is 2.79. The Kier molecular flexibility index (Phi) is 9.15. The van der Waals surface area contributed by atoms with Gasteiger partial charge in [-0.05, 0) is 163 Å². The van der Waals surface area contributed by atoms with E-state index in [1.54, 1.807) is 0 Å². The first-order chi connectivity index (χ1) is 29.7. The van der Waals surface area contributed by atoms with E-state index in [-0.39, 0.29) is 18.0 Å². The zero-order chi connectivity index (χ0) is 39.6. The Hall–Kier alpha value is -5.60. The van der Waals surface area contributed by atoms with E-state index in [1.165, 1.54) is 109 Å². The van der Waals surface area contributed by atoms with E-state index in [0.29, 0.717) is 11.8 Å². The smallest absolute Gasteiger partial charge is 0.0565 e. The van der Waals surface area contributed by atoms with E-state index in [0.717, 1.165) is 57.8 Å². The van der Waals surface area contributed by atoms with Crippen LogP contribution in [0, 0.1) is 11.8 Å². The minimum absolute atomic E-state index is 0.238. The maximum absolute atomic E-state index is 2.79. The summed E-state index contributed by atoms with van der Waals surface area (Å²) in [7, 11) is 0. The van der Waals surface area contributed by atoms with Crippen molar-refractivity contribution in [1.82, 2.24) is 9.80 Å². The van der Waals surface area contributed by atoms with Gasteiger partial charge in [0.25, 0.3) is 0 Å². The highest BCUT2D eigenvalue weighted by molar-refractivity contribution is 5.88. The lowest BCUT2D eigenvalue weighted by molar-refractivity contribution is 0.390. The van der Waals surface area contributed by atoms with Crippen LogP contribution >= 0.6 is 0 Å². The fraction of sp³-hybridized carbons (Fsp3) is 0.310. The van der Waals surface area contributed by atoms with Crippen molar-refractivity contribution in [1.29, 1.82) is 0 Å². The van der Waals surface area contributed by atoms with Gasteiger partial charge < -0.3 is 9.80 Å². The van der Waals surface area contributed by atoms with E-state index in [4.69, 9.17) is 0 Å². The molecule has 0 fully saturated rings. The average Bonchev–Trinajstić information content (AvgIpc) is 3.31. The van der Waals surface area contributed by atoms with Gasteiger partial charge in [-0.15, -0.1) is 0 Å². The molecule has 0 aromatic heterocycles. The topological polar surface area (TPSA) is 6.48 Å². The minimum atomic E-state index is 0.238. The summed E-state index contributed by atoms with van der Waals surface area (Å²) in [5, 5.41) is 2.79. The molecule has 2 heteroatoms. The largest absolute Gasteiger partial charge is 0.338 e. The molecule has 2 aromatic carbocycles. The Morgan fingerprint density at radius 3 is 1.77 bits per heavy atom. The molecule has 0 radical (unpaired) electrons. The molecule has 60 heavy (non-hydrogen) atoms. The van der Waals surface area contributed by atoms with Crippen LogP contribution in [0.5, 0.6) is 0 Å². The lowest BCUT2D eigenvalue weighted by Gasteiger charge is -2.44. The molecule has 0 bridgehead atoms. The van der Waals surface area contributed by atoms with E-state index < -0.39 is 0 Å². The molecule has 0 N–H and O–H groups in total. The number of nitrogens with zero attached hydrogens (tertiary/aromatic N) is 2. The van der Waals surface area contributed by atoms with Crippen molar-refractivity contribution in [2.75, 3.05) is 0 Å². The Bertz CT molecular complexity index is 2720. The van der Waals surface area contributed by atoms with Crippen molar-refractivity contribution in [3.8, 4) is 0 Å². The molecule has 0 aliphatic heterocycles. The van der Waals surface area contributed by atoms with E-state index in [2.05, 4.69) is 162 Å². The fourth-order valence-electron chi connectivity index (χ4n) is 12.2. The third-order valence-electron chi connectivity index (χ3n) is 15.3. The highest BCUT2D eigenvalue weighted by Crippen LogP contribution is 2.49. The van der Waals surface area contributed by atoms with Crippen LogP contribution in [0.4, 0.5) is 0 Å². The van der Waals surface area contributed by atoms with Gasteiger partial charge in [-0.25, -0.2) is 0 Å². The first-order valence-corrected chi connectivity index (χ1v) is 23.3. The number of benzene rings is 2. The SMILES string of the molecule is C1=CC2=C(C=CC(N(C3=CCC4CCC=CC4=C3)C3=CC4=c5ccccc5=C(N(C5=CCC6CCC=CC6=C5)C5C=CC6=C(C=CCC6)C5)CC4c4ccccc43)C2)CC1. The Labute approximate surface area is 356 Å². The number of hydrogen-bond acceptors (Lipinski definition) is 2. The second kappa shape index (κ2) is 15.1. The first kappa shape index (κ1) is 36.3. The summed E-state index contributed by atoms with van der Waals surface area (Å²) in [6, 6.07) is 19.4. The second-order valence-electron chi connectivity index (χ2n) is 18.7. The molecular formula is C58H56N2. The molecule has 5 unspecified atom stereocenters. The molecule has 12 rings (SSSR count). The lowest BCUT2D eigenvalue weighted by Crippen LogP contribution is -2.44. The quantitative estimate of drug-likeness (QED) is 0.288. The molecule has 0 heterocycles. The van der Waals surface area contributed by atoms with Gasteiger partial charge in [0.1, 0.15) is 0 Å². The molecule has 0 amide bonds. The van der Waals surface area contributed by atoms with Crippen molar-refractivity contribution in [3.63, 3.8) is 0 Å². The van der Waals surface area contributed by atoms with Crippen LogP contribution in [0.25, 0.3) is 17.0 Å². The first-order valence-electron chi connectivity index (χ1n) is 23.3. The molecule has 2 nitrogen and oxygen atoms in total. The van der Waals surface area contributed by atoms with Crippen molar-refractivity contribution in [2.45, 2.75) is 101 Å². The third-order valence-corrected chi connectivity index (χ3v) is 15.3. The van der Waals surface area contributed by atoms with E-state index in [1.807, 2.05) is 0 Å². The van der Waals surface area contributed by atoms with Crippen LogP contribution in [0.15, 0.2) is 197 Å². The molecular weight excluding hydrogens is 725 g/mol. The Morgan fingerprint density at radius 2 is 1.08 bits per heavy atom. The molecule has 0 saturated heterocycles. The highest BCUT2D eigenvalue weighted by Gasteiger charge is 2.38. The second-order valence-corrected chi connectivity index (χ2v) is 18.7. The molecule has 10 aliphatic carbocycles. The van der Waals surface area contributed by atoms with Crippen LogP contribution in [0.2, 0.25) is 0 Å². The van der Waals surface area contributed by atoms with Crippen LogP contribution < -0.4 is 10.4 Å². The maximum Gasteiger partial charge on any atom is 0.0565 e. The Morgan fingerprint density at radius 1 is 0.500 bits per heavy atom. The van der Waals surface area contributed by atoms with Gasteiger partial charge >= 0.3 is 0 Å². The standard InChI is InChI=1S/C58H56N2/c1-5-17-43-33-47(29-25-39(43)13-1)59(48-30-26-40-14-2-6-18-44(40)34-48)57-37-55-52-22-10-12-24-54(52)58(38-56(55)51-21-9-11-23-53(51)57)60(49-31-27-41-15-3-7-19-45(41)35-49)50-32-28-42-16-4-8-20-46(42)36-50/h5-12,17-25,27,29-32,34,36-37,40,42,47,49,56H,1-4,13-16,26,28,33,35,38H2. The van der Waals surface area contributed by atoms with Gasteiger partial charge in [0.2, 0.25) is 0 Å². The van der Waals surface area contributed by atoms with Crippen molar-refractivity contribution >= 4 is 17.0 Å². The monoisotopic (exact) mass is 780 g/mol. The molecule has 0 saturated carbocycles. The average molecular weight is 781 g/mol. The number of rotatable bonds is 6. The van der Waals surface area contributed by atoms with Crippen LogP contribution in [0.3, 0.4) is 0 Å². The van der Waals surface area contributed by atoms with Gasteiger partial charge in [0, 0.05) is 39.5 Å². The zero-order valence-corrected chi connectivity index (χ0v) is 34.9. The lowest BCUT2D eigenvalue weighted by atomic mass is 9.74. The number of hydrogen-bond donors (Lipinski definition) is 0. The summed E-state index contributed by atoms with van der Waals surface area (Å²) in [4.78, 5) is 5.54. The number of allylic oxidation sites excluding steroid dienone is 19. The van der Waals surface area contributed by atoms with Gasteiger partial charge in [-0.2, -0.15) is 0 Å². The molecule has 0 spiro atoms. The zero-order valence-electron chi connectivity index (χ0n) is 34.9.